The molecule has 0 aromatic rings. The number of aliphatic carboxylic acids is 1. The molecule has 7 rings (SSSR count). The number of carboxylic acid groups (broad SMARTS) is 1. The van der Waals surface area contributed by atoms with Crippen molar-refractivity contribution in [3.8, 4) is 0 Å². The van der Waals surface area contributed by atoms with Gasteiger partial charge in [-0.15, -0.1) is 0 Å². The zero-order chi connectivity index (χ0) is 38.7. The Balaban J connectivity index is 1.15. The van der Waals surface area contributed by atoms with Crippen molar-refractivity contribution < 1.29 is 59.5 Å². The highest BCUT2D eigenvalue weighted by Crippen LogP contribution is 2.76. The van der Waals surface area contributed by atoms with E-state index >= 15 is 0 Å². The van der Waals surface area contributed by atoms with Crippen molar-refractivity contribution in [1.29, 1.82) is 0 Å². The topological polar surface area (TPSA) is 196 Å². The molecule has 0 amide bonds. The van der Waals surface area contributed by atoms with Gasteiger partial charge in [-0.05, 0) is 111 Å². The molecule has 7 N–H and O–H groups in total. The molecule has 0 radical (unpaired) electrons. The van der Waals surface area contributed by atoms with E-state index in [0.29, 0.717) is 25.7 Å². The zero-order valence-electron chi connectivity index (χ0n) is 32.7. The molecule has 7 aliphatic rings. The second-order valence-electron chi connectivity index (χ2n) is 20.1. The minimum atomic E-state index is -1.60. The first kappa shape index (κ1) is 40.0. The maximum Gasteiger partial charge on any atom is 0.310 e. The van der Waals surface area contributed by atoms with E-state index in [1.165, 1.54) is 5.57 Å². The maximum atomic E-state index is 13.1. The van der Waals surface area contributed by atoms with Crippen LogP contribution in [0.1, 0.15) is 113 Å². The SMILES string of the molecule is CC1OC(OC2C(OC3CCC4(C)C(CCC5(C)C4CC=C4C6CC(C)(C)CCC6(C(=O)O)CCC45CO)C3(C)C)OCC(O)C2O)C(O)C(O)C1O. The number of carboxylic acids is 1. The predicted molar refractivity (Wildman–Crippen MR) is 192 cm³/mol. The zero-order valence-corrected chi connectivity index (χ0v) is 32.7. The molecule has 53 heavy (non-hydrogen) atoms. The smallest absolute Gasteiger partial charge is 0.310 e. The molecule has 17 atom stereocenters. The summed E-state index contributed by atoms with van der Waals surface area (Å²) >= 11 is 0. The van der Waals surface area contributed by atoms with Gasteiger partial charge in [0, 0.05) is 5.41 Å². The van der Waals surface area contributed by atoms with Crippen LogP contribution in [0.5, 0.6) is 0 Å². The Morgan fingerprint density at radius 3 is 2.21 bits per heavy atom. The van der Waals surface area contributed by atoms with Crippen LogP contribution in [-0.2, 0) is 23.7 Å². The number of ether oxygens (including phenoxy) is 4. The van der Waals surface area contributed by atoms with Gasteiger partial charge < -0.3 is 54.7 Å². The second-order valence-corrected chi connectivity index (χ2v) is 20.1. The summed E-state index contributed by atoms with van der Waals surface area (Å²) in [4.78, 5) is 13.1. The number of aliphatic hydroxyl groups excluding tert-OH is 6. The van der Waals surface area contributed by atoms with Gasteiger partial charge in [0.15, 0.2) is 12.6 Å². The molecular weight excluding hydrogens is 684 g/mol. The number of fused-ring (bicyclic) bond motifs is 7. The first-order valence-corrected chi connectivity index (χ1v) is 20.2. The van der Waals surface area contributed by atoms with E-state index in [1.54, 1.807) is 6.92 Å². The molecule has 302 valence electrons. The molecule has 0 aromatic carbocycles. The van der Waals surface area contributed by atoms with Crippen molar-refractivity contribution in [1.82, 2.24) is 0 Å². The lowest BCUT2D eigenvalue weighted by Crippen LogP contribution is -2.67. The summed E-state index contributed by atoms with van der Waals surface area (Å²) in [6.45, 7) is 15.2. The van der Waals surface area contributed by atoms with Crippen molar-refractivity contribution in [2.45, 2.75) is 174 Å². The Morgan fingerprint density at radius 2 is 1.53 bits per heavy atom. The lowest BCUT2D eigenvalue weighted by atomic mass is 9.33. The highest BCUT2D eigenvalue weighted by molar-refractivity contribution is 5.76. The van der Waals surface area contributed by atoms with Crippen molar-refractivity contribution in [3.63, 3.8) is 0 Å². The monoisotopic (exact) mass is 750 g/mol. The predicted octanol–water partition coefficient (Wildman–Crippen LogP) is 3.52. The molecule has 0 bridgehead atoms. The summed E-state index contributed by atoms with van der Waals surface area (Å²) in [5.41, 5.74) is -0.651. The van der Waals surface area contributed by atoms with Crippen LogP contribution in [0, 0.1) is 50.2 Å². The minimum absolute atomic E-state index is 0.0249. The van der Waals surface area contributed by atoms with Crippen molar-refractivity contribution in [2.75, 3.05) is 13.2 Å². The number of hydrogen-bond donors (Lipinski definition) is 7. The molecule has 2 aliphatic heterocycles. The quantitative estimate of drug-likeness (QED) is 0.155. The standard InChI is InChI=1S/C41H66O12/c1-21-28(44)30(46)31(47)33(51-21)53-32-29(45)24(43)19-50-34(32)52-27-11-12-38(6)25(37(27,4)5)10-13-39(7)26(38)9-8-22-23-18-36(2,3)14-15-40(23,35(48)49)16-17-41(22,39)20-42/h8,21,23-34,42-47H,9-20H2,1-7H3,(H,48,49). The van der Waals surface area contributed by atoms with Crippen LogP contribution in [-0.4, -0.2) is 116 Å². The molecule has 0 spiro atoms. The van der Waals surface area contributed by atoms with Gasteiger partial charge in [0.2, 0.25) is 0 Å². The van der Waals surface area contributed by atoms with E-state index < -0.39 is 72.1 Å². The molecular formula is C41H66O12. The normalized spacial score (nSPS) is 53.3. The van der Waals surface area contributed by atoms with E-state index in [9.17, 15) is 40.5 Å². The summed E-state index contributed by atoms with van der Waals surface area (Å²) in [6.07, 6.45) is -1.74. The van der Waals surface area contributed by atoms with Crippen molar-refractivity contribution in [3.05, 3.63) is 11.6 Å². The van der Waals surface area contributed by atoms with Crippen LogP contribution in [0.3, 0.4) is 0 Å². The molecule has 0 aromatic heterocycles. The number of hydrogen-bond acceptors (Lipinski definition) is 11. The molecule has 12 nitrogen and oxygen atoms in total. The molecule has 17 unspecified atom stereocenters. The molecule has 6 fully saturated rings. The second kappa shape index (κ2) is 13.5. The average molecular weight is 751 g/mol. The summed E-state index contributed by atoms with van der Waals surface area (Å²) < 4.78 is 24.4. The van der Waals surface area contributed by atoms with Gasteiger partial charge in [0.1, 0.15) is 36.6 Å². The average Bonchev–Trinajstić information content (AvgIpc) is 3.09. The largest absolute Gasteiger partial charge is 0.481 e. The van der Waals surface area contributed by atoms with E-state index in [2.05, 4.69) is 47.6 Å². The van der Waals surface area contributed by atoms with E-state index in [0.717, 1.165) is 38.5 Å². The highest BCUT2D eigenvalue weighted by Gasteiger charge is 2.70. The Kier molecular flexibility index (Phi) is 10.2. The molecule has 12 heteroatoms. The molecule has 5 aliphatic carbocycles. The van der Waals surface area contributed by atoms with E-state index in [1.807, 2.05) is 0 Å². The number of rotatable bonds is 6. The van der Waals surface area contributed by atoms with E-state index in [-0.39, 0.29) is 58.7 Å². The molecule has 2 saturated heterocycles. The minimum Gasteiger partial charge on any atom is -0.481 e. The number of carbonyl (C=O) groups is 1. The van der Waals surface area contributed by atoms with Gasteiger partial charge in [-0.1, -0.05) is 53.2 Å². The summed E-state index contributed by atoms with van der Waals surface area (Å²) in [6, 6.07) is 0. The third-order valence-corrected chi connectivity index (χ3v) is 16.8. The Hall–Kier alpha value is -1.19. The number of allylic oxidation sites excluding steroid dienone is 1. The van der Waals surface area contributed by atoms with Gasteiger partial charge in [-0.2, -0.15) is 0 Å². The fraction of sp³-hybridized carbons (Fsp3) is 0.927. The van der Waals surface area contributed by atoms with Crippen molar-refractivity contribution >= 4 is 5.97 Å². The van der Waals surface area contributed by atoms with Crippen LogP contribution in [0.25, 0.3) is 0 Å². The van der Waals surface area contributed by atoms with Crippen LogP contribution < -0.4 is 0 Å². The third-order valence-electron chi connectivity index (χ3n) is 16.8. The summed E-state index contributed by atoms with van der Waals surface area (Å²) in [5.74, 6) is -0.248. The van der Waals surface area contributed by atoms with Gasteiger partial charge >= 0.3 is 5.97 Å². The van der Waals surface area contributed by atoms with Crippen LogP contribution in [0.4, 0.5) is 0 Å². The van der Waals surface area contributed by atoms with Gasteiger partial charge in [-0.3, -0.25) is 4.79 Å². The van der Waals surface area contributed by atoms with Gasteiger partial charge in [0.25, 0.3) is 0 Å². The van der Waals surface area contributed by atoms with Crippen LogP contribution in [0.15, 0.2) is 11.6 Å². The van der Waals surface area contributed by atoms with Crippen LogP contribution >= 0.6 is 0 Å². The highest BCUT2D eigenvalue weighted by atomic mass is 16.8. The summed E-state index contributed by atoms with van der Waals surface area (Å²) in [7, 11) is 0. The molecule has 2 heterocycles. The summed E-state index contributed by atoms with van der Waals surface area (Å²) in [5, 5.41) is 75.1. The fourth-order valence-corrected chi connectivity index (χ4v) is 13.5. The van der Waals surface area contributed by atoms with Crippen LogP contribution in [0.2, 0.25) is 0 Å². The van der Waals surface area contributed by atoms with Gasteiger partial charge in [-0.25, -0.2) is 0 Å². The number of aliphatic hydroxyl groups is 6. The fourth-order valence-electron chi connectivity index (χ4n) is 13.5. The maximum absolute atomic E-state index is 13.1. The Labute approximate surface area is 314 Å². The van der Waals surface area contributed by atoms with E-state index in [4.69, 9.17) is 18.9 Å². The first-order valence-electron chi connectivity index (χ1n) is 20.2. The first-order chi connectivity index (χ1) is 24.7. The van der Waals surface area contributed by atoms with Crippen molar-refractivity contribution in [2.24, 2.45) is 50.2 Å². The Bertz CT molecular complexity index is 1430. The van der Waals surface area contributed by atoms with Gasteiger partial charge in [0.05, 0.1) is 30.8 Å². The third kappa shape index (κ3) is 5.85. The lowest BCUT2D eigenvalue weighted by Gasteiger charge is -2.71. The molecule has 4 saturated carbocycles. The Morgan fingerprint density at radius 1 is 0.830 bits per heavy atom. The lowest BCUT2D eigenvalue weighted by molar-refractivity contribution is -0.364.